The SMILES string of the molecule is C1=C(c2ccccc2)Cc2c(ccc3c2c2ccccc2n3-c2ccccc2)-c2cc(-c3cccc4oc5ccc(-c6ccc7c(c6)c6ccccc6n7-c6ccccc6)cc5c34)ccc21. The molecule has 308 valence electrons. The lowest BCUT2D eigenvalue weighted by Crippen LogP contribution is -1.96. The number of para-hydroxylation sites is 4. The summed E-state index contributed by atoms with van der Waals surface area (Å²) < 4.78 is 11.5. The fourth-order valence-corrected chi connectivity index (χ4v) is 11.0. The van der Waals surface area contributed by atoms with Crippen LogP contribution in [0.3, 0.4) is 0 Å². The van der Waals surface area contributed by atoms with E-state index in [-0.39, 0.29) is 0 Å². The van der Waals surface area contributed by atoms with Gasteiger partial charge in [-0.2, -0.15) is 0 Å². The summed E-state index contributed by atoms with van der Waals surface area (Å²) in [5, 5.41) is 7.31. The molecule has 0 N–H and O–H groups in total. The van der Waals surface area contributed by atoms with Crippen molar-refractivity contribution in [2.75, 3.05) is 0 Å². The summed E-state index contributed by atoms with van der Waals surface area (Å²) in [6.07, 6.45) is 3.23. The van der Waals surface area contributed by atoms with Crippen LogP contribution in [0.15, 0.2) is 229 Å². The highest BCUT2D eigenvalue weighted by Gasteiger charge is 2.24. The minimum absolute atomic E-state index is 0.812. The van der Waals surface area contributed by atoms with Crippen molar-refractivity contribution in [3.63, 3.8) is 0 Å². The highest BCUT2D eigenvalue weighted by molar-refractivity contribution is 6.16. The molecule has 0 radical (unpaired) electrons. The van der Waals surface area contributed by atoms with Crippen LogP contribution in [0, 0.1) is 0 Å². The zero-order chi connectivity index (χ0) is 43.3. The first-order chi connectivity index (χ1) is 32.7. The number of hydrogen-bond donors (Lipinski definition) is 0. The average molecular weight is 841 g/mol. The maximum Gasteiger partial charge on any atom is 0.136 e. The van der Waals surface area contributed by atoms with Crippen molar-refractivity contribution >= 4 is 77.2 Å². The van der Waals surface area contributed by atoms with Crippen LogP contribution in [0.4, 0.5) is 0 Å². The first-order valence-electron chi connectivity index (χ1n) is 22.8. The maximum absolute atomic E-state index is 6.65. The van der Waals surface area contributed by atoms with Gasteiger partial charge in [0, 0.05) is 43.7 Å². The molecule has 0 saturated carbocycles. The Bertz CT molecular complexity index is 4110. The van der Waals surface area contributed by atoms with E-state index in [2.05, 4.69) is 240 Å². The lowest BCUT2D eigenvalue weighted by Gasteiger charge is -2.15. The van der Waals surface area contributed by atoms with E-state index in [0.717, 1.165) is 50.7 Å². The number of nitrogens with zero attached hydrogens (tertiary/aromatic N) is 2. The van der Waals surface area contributed by atoms with Crippen LogP contribution in [-0.2, 0) is 6.42 Å². The molecule has 14 rings (SSSR count). The summed E-state index contributed by atoms with van der Waals surface area (Å²) in [6, 6.07) is 81.8. The van der Waals surface area contributed by atoms with Crippen LogP contribution in [-0.4, -0.2) is 9.13 Å². The molecule has 0 saturated heterocycles. The molecule has 0 atom stereocenters. The van der Waals surface area contributed by atoms with E-state index >= 15 is 0 Å². The molecule has 0 amide bonds. The lowest BCUT2D eigenvalue weighted by atomic mass is 9.89. The van der Waals surface area contributed by atoms with Crippen molar-refractivity contribution in [1.82, 2.24) is 9.13 Å². The summed E-state index contributed by atoms with van der Waals surface area (Å²) in [4.78, 5) is 0. The topological polar surface area (TPSA) is 23.0 Å². The highest BCUT2D eigenvalue weighted by Crippen LogP contribution is 2.46. The molecule has 0 spiro atoms. The molecule has 0 aliphatic heterocycles. The number of aromatic nitrogens is 2. The Labute approximate surface area is 381 Å². The van der Waals surface area contributed by atoms with Gasteiger partial charge in [0.05, 0.1) is 22.1 Å². The van der Waals surface area contributed by atoms with E-state index in [1.165, 1.54) is 88.3 Å². The van der Waals surface area contributed by atoms with Crippen molar-refractivity contribution in [2.45, 2.75) is 6.42 Å². The van der Waals surface area contributed by atoms with E-state index in [9.17, 15) is 0 Å². The smallest absolute Gasteiger partial charge is 0.136 e. The molecule has 0 bridgehead atoms. The zero-order valence-corrected chi connectivity index (χ0v) is 35.9. The van der Waals surface area contributed by atoms with Gasteiger partial charge in [0.25, 0.3) is 0 Å². The Hall–Kier alpha value is -8.66. The van der Waals surface area contributed by atoms with Crippen molar-refractivity contribution in [1.29, 1.82) is 0 Å². The summed E-state index contributed by atoms with van der Waals surface area (Å²) >= 11 is 0. The number of allylic oxidation sites excluding steroid dienone is 1. The van der Waals surface area contributed by atoms with Crippen LogP contribution in [0.1, 0.15) is 16.7 Å². The second kappa shape index (κ2) is 14.4. The highest BCUT2D eigenvalue weighted by atomic mass is 16.3. The molecular weight excluding hydrogens is 801 g/mol. The first kappa shape index (κ1) is 36.8. The quantitative estimate of drug-likeness (QED) is 0.169. The zero-order valence-electron chi connectivity index (χ0n) is 35.9. The minimum Gasteiger partial charge on any atom is -0.456 e. The Morgan fingerprint density at radius 1 is 0.333 bits per heavy atom. The van der Waals surface area contributed by atoms with Gasteiger partial charge >= 0.3 is 0 Å². The normalized spacial score (nSPS) is 12.6. The molecule has 0 fully saturated rings. The van der Waals surface area contributed by atoms with Gasteiger partial charge in [-0.05, 0) is 141 Å². The molecule has 10 aromatic carbocycles. The fraction of sp³-hybridized carbons (Fsp3) is 0.0159. The van der Waals surface area contributed by atoms with Crippen LogP contribution in [0.2, 0.25) is 0 Å². The van der Waals surface area contributed by atoms with E-state index in [0.29, 0.717) is 0 Å². The molecule has 0 unspecified atom stereocenters. The Balaban J connectivity index is 0.957. The van der Waals surface area contributed by atoms with Gasteiger partial charge in [0.2, 0.25) is 0 Å². The molecule has 1 aliphatic rings. The summed E-state index contributed by atoms with van der Waals surface area (Å²) in [5.41, 5.74) is 21.2. The largest absolute Gasteiger partial charge is 0.456 e. The molecule has 3 nitrogen and oxygen atoms in total. The molecular formula is C63H40N2O. The Kier molecular flexibility index (Phi) is 8.04. The van der Waals surface area contributed by atoms with E-state index in [1.807, 2.05) is 0 Å². The van der Waals surface area contributed by atoms with Crippen molar-refractivity contribution in [3.05, 3.63) is 241 Å². The van der Waals surface area contributed by atoms with Crippen molar-refractivity contribution in [2.24, 2.45) is 0 Å². The lowest BCUT2D eigenvalue weighted by molar-refractivity contribution is 0.669. The van der Waals surface area contributed by atoms with Crippen molar-refractivity contribution < 1.29 is 4.42 Å². The number of hydrogen-bond acceptors (Lipinski definition) is 1. The fourth-order valence-electron chi connectivity index (χ4n) is 11.0. The van der Waals surface area contributed by atoms with Gasteiger partial charge in [-0.3, -0.25) is 0 Å². The molecule has 3 heterocycles. The molecule has 66 heavy (non-hydrogen) atoms. The van der Waals surface area contributed by atoms with Crippen LogP contribution in [0.25, 0.3) is 122 Å². The monoisotopic (exact) mass is 840 g/mol. The summed E-state index contributed by atoms with van der Waals surface area (Å²) in [5.74, 6) is 0. The third-order valence-electron chi connectivity index (χ3n) is 14.0. The second-order valence-electron chi connectivity index (χ2n) is 17.6. The molecule has 1 aliphatic carbocycles. The number of rotatable bonds is 5. The second-order valence-corrected chi connectivity index (χ2v) is 17.6. The average Bonchev–Trinajstić information content (AvgIpc) is 4.00. The Morgan fingerprint density at radius 3 is 1.71 bits per heavy atom. The standard InChI is InChI=1S/C63H40N2O/c1-4-15-40(16-5-1)45-35-43-27-28-44(38-52(43)49-31-33-59-62(54(49)39-45)51-22-11-13-25-57(51)65(59)47-19-8-3-9-20-47)48-23-14-26-61-63(48)55-37-42(30-34-60(55)66-61)41-29-32-58-53(36-41)50-21-10-12-24-56(50)64(58)46-17-6-2-7-18-46/h1-38H,39H2. The maximum atomic E-state index is 6.65. The van der Waals surface area contributed by atoms with E-state index in [4.69, 9.17) is 4.42 Å². The van der Waals surface area contributed by atoms with Crippen LogP contribution in [0.5, 0.6) is 0 Å². The van der Waals surface area contributed by atoms with E-state index < -0.39 is 0 Å². The first-order valence-corrected chi connectivity index (χ1v) is 22.8. The van der Waals surface area contributed by atoms with Gasteiger partial charge in [-0.15, -0.1) is 0 Å². The van der Waals surface area contributed by atoms with Crippen molar-refractivity contribution in [3.8, 4) is 44.8 Å². The third-order valence-corrected chi connectivity index (χ3v) is 14.0. The molecule has 13 aromatic rings. The molecule has 3 heteroatoms. The van der Waals surface area contributed by atoms with E-state index in [1.54, 1.807) is 0 Å². The number of furan rings is 1. The Morgan fingerprint density at radius 2 is 0.939 bits per heavy atom. The van der Waals surface area contributed by atoms with Crippen LogP contribution < -0.4 is 0 Å². The number of fused-ring (bicyclic) bond motifs is 13. The summed E-state index contributed by atoms with van der Waals surface area (Å²) in [7, 11) is 0. The van der Waals surface area contributed by atoms with Gasteiger partial charge in [-0.1, -0.05) is 152 Å². The third kappa shape index (κ3) is 5.57. The van der Waals surface area contributed by atoms with Gasteiger partial charge in [0.1, 0.15) is 11.2 Å². The van der Waals surface area contributed by atoms with Gasteiger partial charge in [-0.25, -0.2) is 0 Å². The number of benzene rings is 10. The van der Waals surface area contributed by atoms with Gasteiger partial charge in [0.15, 0.2) is 0 Å². The minimum atomic E-state index is 0.812. The summed E-state index contributed by atoms with van der Waals surface area (Å²) in [6.45, 7) is 0. The van der Waals surface area contributed by atoms with Gasteiger partial charge < -0.3 is 13.6 Å². The van der Waals surface area contributed by atoms with Crippen LogP contribution >= 0.6 is 0 Å². The predicted octanol–water partition coefficient (Wildman–Crippen LogP) is 16.9. The predicted molar refractivity (Wildman–Crippen MR) is 277 cm³/mol. The molecule has 3 aromatic heterocycles.